The van der Waals surface area contributed by atoms with Crippen molar-refractivity contribution < 1.29 is 13.9 Å². The summed E-state index contributed by atoms with van der Waals surface area (Å²) in [6.07, 6.45) is 0. The van der Waals surface area contributed by atoms with E-state index in [0.29, 0.717) is 22.3 Å². The van der Waals surface area contributed by atoms with Crippen LogP contribution in [0.1, 0.15) is 0 Å². The summed E-state index contributed by atoms with van der Waals surface area (Å²) >= 11 is 0. The van der Waals surface area contributed by atoms with Gasteiger partial charge in [-0.15, -0.1) is 0 Å². The first-order valence-corrected chi connectivity index (χ1v) is 6.18. The minimum atomic E-state index is -0.373. The molecule has 0 bridgehead atoms. The normalized spacial score (nSPS) is 13.1. The summed E-state index contributed by atoms with van der Waals surface area (Å²) in [5.41, 5.74) is -0.141. The van der Waals surface area contributed by atoms with Crippen LogP contribution in [0.3, 0.4) is 0 Å². The van der Waals surface area contributed by atoms with Crippen molar-refractivity contribution in [3.63, 3.8) is 0 Å². The van der Waals surface area contributed by atoms with E-state index in [0.717, 1.165) is 10.8 Å². The molecule has 0 spiro atoms. The van der Waals surface area contributed by atoms with E-state index in [4.69, 9.17) is 9.47 Å². The lowest BCUT2D eigenvalue weighted by atomic mass is 10.1. The summed E-state index contributed by atoms with van der Waals surface area (Å²) in [6, 6.07) is 11.0. The van der Waals surface area contributed by atoms with Crippen molar-refractivity contribution >= 4 is 21.5 Å². The lowest BCUT2D eigenvalue weighted by Crippen LogP contribution is -1.94. The minimum absolute atomic E-state index is 0.141. The van der Waals surface area contributed by atoms with Crippen LogP contribution in [-0.4, -0.2) is 6.79 Å². The molecule has 0 fully saturated rings. The van der Waals surface area contributed by atoms with Crippen molar-refractivity contribution in [3.05, 3.63) is 58.5 Å². The molecule has 0 aromatic heterocycles. The van der Waals surface area contributed by atoms with Gasteiger partial charge in [0.15, 0.2) is 16.9 Å². The van der Waals surface area contributed by atoms with Crippen molar-refractivity contribution in [2.45, 2.75) is 0 Å². The zero-order valence-electron chi connectivity index (χ0n) is 10.4. The predicted octanol–water partition coefficient (Wildman–Crippen LogP) is 3.22. The maximum Gasteiger partial charge on any atom is 0.231 e. The van der Waals surface area contributed by atoms with E-state index < -0.39 is 0 Å². The Kier molecular flexibility index (Phi) is 2.21. The summed E-state index contributed by atoms with van der Waals surface area (Å²) in [4.78, 5) is 12.1. The highest BCUT2D eigenvalue weighted by molar-refractivity contribution is 6.07. The number of hydrogen-bond acceptors (Lipinski definition) is 3. The second kappa shape index (κ2) is 3.93. The third-order valence-corrected chi connectivity index (χ3v) is 3.50. The molecule has 0 saturated heterocycles. The first-order valence-electron chi connectivity index (χ1n) is 6.18. The molecule has 3 aromatic carbocycles. The third-order valence-electron chi connectivity index (χ3n) is 3.50. The number of halogens is 1. The molecule has 0 saturated carbocycles. The third kappa shape index (κ3) is 1.54. The molecule has 0 N–H and O–H groups in total. The van der Waals surface area contributed by atoms with Gasteiger partial charge in [-0.05, 0) is 52.6 Å². The van der Waals surface area contributed by atoms with Gasteiger partial charge >= 0.3 is 0 Å². The average molecular weight is 268 g/mol. The number of benzene rings is 2. The largest absolute Gasteiger partial charge is 0.454 e. The summed E-state index contributed by atoms with van der Waals surface area (Å²) < 4.78 is 24.2. The van der Waals surface area contributed by atoms with Crippen LogP contribution in [0.15, 0.2) is 47.3 Å². The van der Waals surface area contributed by atoms with Crippen LogP contribution >= 0.6 is 0 Å². The summed E-state index contributed by atoms with van der Waals surface area (Å²) in [6.45, 7) is 0.177. The van der Waals surface area contributed by atoms with Crippen molar-refractivity contribution in [2.24, 2.45) is 0 Å². The Morgan fingerprint density at radius 1 is 0.850 bits per heavy atom. The molecule has 4 heteroatoms. The molecule has 1 heterocycles. The molecule has 0 atom stereocenters. The van der Waals surface area contributed by atoms with Crippen LogP contribution < -0.4 is 14.9 Å². The molecule has 98 valence electrons. The molecular weight excluding hydrogens is 259 g/mol. The quantitative estimate of drug-likeness (QED) is 0.628. The monoisotopic (exact) mass is 268 g/mol. The standard InChI is InChI=1S/C16H9FO3/c17-10-2-3-11-13(6-10)12-7-16-15(19-8-20-16)5-9(12)1-4-14(11)18/h1-7H,8H2. The highest BCUT2D eigenvalue weighted by Gasteiger charge is 2.15. The van der Waals surface area contributed by atoms with Gasteiger partial charge in [0.1, 0.15) is 5.82 Å². The summed E-state index contributed by atoms with van der Waals surface area (Å²) in [7, 11) is 0. The lowest BCUT2D eigenvalue weighted by molar-refractivity contribution is 0.174. The summed E-state index contributed by atoms with van der Waals surface area (Å²) in [5.74, 6) is 0.879. The van der Waals surface area contributed by atoms with Gasteiger partial charge in [0.05, 0.1) is 0 Å². The van der Waals surface area contributed by atoms with Crippen LogP contribution in [-0.2, 0) is 0 Å². The number of fused-ring (bicyclic) bond motifs is 4. The average Bonchev–Trinajstić information content (AvgIpc) is 2.85. The zero-order chi connectivity index (χ0) is 13.7. The molecule has 0 radical (unpaired) electrons. The second-order valence-corrected chi connectivity index (χ2v) is 4.68. The highest BCUT2D eigenvalue weighted by atomic mass is 19.1. The van der Waals surface area contributed by atoms with Gasteiger partial charge in [-0.3, -0.25) is 4.79 Å². The number of ether oxygens (including phenoxy) is 2. The molecule has 20 heavy (non-hydrogen) atoms. The SMILES string of the molecule is O=c1ccc2cc3c(cc2c2cc(F)ccc12)OCO3. The minimum Gasteiger partial charge on any atom is -0.454 e. The molecule has 1 aliphatic rings. The van der Waals surface area contributed by atoms with E-state index >= 15 is 0 Å². The Morgan fingerprint density at radius 2 is 1.65 bits per heavy atom. The molecule has 4 rings (SSSR count). The van der Waals surface area contributed by atoms with E-state index in [2.05, 4.69) is 0 Å². The lowest BCUT2D eigenvalue weighted by Gasteiger charge is -2.01. The molecule has 0 aliphatic carbocycles. The fraction of sp³-hybridized carbons (Fsp3) is 0.0625. The van der Waals surface area contributed by atoms with E-state index in [-0.39, 0.29) is 18.0 Å². The molecule has 3 nitrogen and oxygen atoms in total. The predicted molar refractivity (Wildman–Crippen MR) is 73.8 cm³/mol. The van der Waals surface area contributed by atoms with Crippen LogP contribution in [0.2, 0.25) is 0 Å². The van der Waals surface area contributed by atoms with Crippen LogP contribution in [0.4, 0.5) is 4.39 Å². The van der Waals surface area contributed by atoms with Crippen molar-refractivity contribution in [2.75, 3.05) is 6.79 Å². The Bertz CT molecular complexity index is 918. The van der Waals surface area contributed by atoms with Gasteiger partial charge in [0, 0.05) is 5.39 Å². The second-order valence-electron chi connectivity index (χ2n) is 4.68. The molecule has 0 amide bonds. The van der Waals surface area contributed by atoms with E-state index in [1.807, 2.05) is 0 Å². The first kappa shape index (κ1) is 11.2. The van der Waals surface area contributed by atoms with Gasteiger partial charge in [-0.25, -0.2) is 4.39 Å². The smallest absolute Gasteiger partial charge is 0.231 e. The molecule has 1 aliphatic heterocycles. The Balaban J connectivity index is 2.27. The number of hydrogen-bond donors (Lipinski definition) is 0. The fourth-order valence-corrected chi connectivity index (χ4v) is 2.54. The van der Waals surface area contributed by atoms with Crippen LogP contribution in [0.25, 0.3) is 21.5 Å². The summed E-state index contributed by atoms with van der Waals surface area (Å²) in [5, 5.41) is 2.64. The maximum atomic E-state index is 13.5. The van der Waals surface area contributed by atoms with E-state index in [1.165, 1.54) is 24.3 Å². The Hall–Kier alpha value is -2.62. The molecule has 0 unspecified atom stereocenters. The zero-order valence-corrected chi connectivity index (χ0v) is 10.4. The highest BCUT2D eigenvalue weighted by Crippen LogP contribution is 2.37. The Morgan fingerprint density at radius 3 is 2.50 bits per heavy atom. The van der Waals surface area contributed by atoms with Gasteiger partial charge in [0.25, 0.3) is 0 Å². The fourth-order valence-electron chi connectivity index (χ4n) is 2.54. The van der Waals surface area contributed by atoms with Crippen molar-refractivity contribution in [1.29, 1.82) is 0 Å². The first-order chi connectivity index (χ1) is 9.72. The Labute approximate surface area is 113 Å². The van der Waals surface area contributed by atoms with Gasteiger partial charge < -0.3 is 9.47 Å². The van der Waals surface area contributed by atoms with Gasteiger partial charge in [0.2, 0.25) is 6.79 Å². The topological polar surface area (TPSA) is 35.5 Å². The number of rotatable bonds is 0. The van der Waals surface area contributed by atoms with E-state index in [1.54, 1.807) is 18.2 Å². The van der Waals surface area contributed by atoms with Gasteiger partial charge in [-0.1, -0.05) is 6.07 Å². The van der Waals surface area contributed by atoms with E-state index in [9.17, 15) is 9.18 Å². The molecule has 3 aromatic rings. The maximum absolute atomic E-state index is 13.5. The van der Waals surface area contributed by atoms with Crippen LogP contribution in [0, 0.1) is 5.82 Å². The van der Waals surface area contributed by atoms with Crippen LogP contribution in [0.5, 0.6) is 11.5 Å². The van der Waals surface area contributed by atoms with Crippen molar-refractivity contribution in [1.82, 2.24) is 0 Å². The van der Waals surface area contributed by atoms with Gasteiger partial charge in [-0.2, -0.15) is 0 Å². The van der Waals surface area contributed by atoms with Crippen molar-refractivity contribution in [3.8, 4) is 11.5 Å². The molecular formula is C16H9FO3.